The van der Waals surface area contributed by atoms with Gasteiger partial charge in [0.1, 0.15) is 0 Å². The lowest BCUT2D eigenvalue weighted by Crippen LogP contribution is -2.20. The fraction of sp³-hybridized carbons (Fsp3) is 0.455. The standard InChI is InChI=1S/C22H27F3N2O2S/c1-3-13-27-14-12-19(15-27)18-4-8-20(9-5-18)26-30(28,29)21-10-6-17(7-11-21)16(2)22(23,24)25/h4-11,16,19,26H,3,12-15H2,1-2H3. The minimum absolute atomic E-state index is 0.0273. The van der Waals surface area contributed by atoms with Gasteiger partial charge in [-0.3, -0.25) is 4.72 Å². The van der Waals surface area contributed by atoms with E-state index in [4.69, 9.17) is 0 Å². The molecule has 0 aromatic heterocycles. The highest BCUT2D eigenvalue weighted by atomic mass is 32.2. The molecule has 2 atom stereocenters. The van der Waals surface area contributed by atoms with Gasteiger partial charge in [-0.1, -0.05) is 31.2 Å². The molecule has 1 saturated heterocycles. The number of hydrogen-bond acceptors (Lipinski definition) is 3. The number of halogens is 3. The molecule has 4 nitrogen and oxygen atoms in total. The first-order valence-corrected chi connectivity index (χ1v) is 11.6. The van der Waals surface area contributed by atoms with Crippen molar-refractivity contribution in [2.24, 2.45) is 0 Å². The Bertz CT molecular complexity index is 942. The minimum atomic E-state index is -4.37. The first-order valence-electron chi connectivity index (χ1n) is 10.1. The van der Waals surface area contributed by atoms with Crippen molar-refractivity contribution >= 4 is 15.7 Å². The Kier molecular flexibility index (Phi) is 6.77. The number of hydrogen-bond donors (Lipinski definition) is 1. The molecule has 1 heterocycles. The van der Waals surface area contributed by atoms with E-state index in [-0.39, 0.29) is 10.5 Å². The number of anilines is 1. The molecule has 1 aliphatic heterocycles. The molecular weight excluding hydrogens is 413 g/mol. The van der Waals surface area contributed by atoms with Crippen LogP contribution in [0.3, 0.4) is 0 Å². The molecule has 0 bridgehead atoms. The molecule has 0 amide bonds. The number of alkyl halides is 3. The Hall–Kier alpha value is -2.06. The zero-order valence-corrected chi connectivity index (χ0v) is 17.9. The van der Waals surface area contributed by atoms with Gasteiger partial charge in [-0.05, 0) is 74.2 Å². The van der Waals surface area contributed by atoms with E-state index in [0.29, 0.717) is 11.6 Å². The van der Waals surface area contributed by atoms with Crippen LogP contribution in [0.25, 0.3) is 0 Å². The van der Waals surface area contributed by atoms with Gasteiger partial charge in [-0.25, -0.2) is 8.42 Å². The van der Waals surface area contributed by atoms with Crippen LogP contribution in [0.2, 0.25) is 0 Å². The molecule has 0 radical (unpaired) electrons. The van der Waals surface area contributed by atoms with Gasteiger partial charge in [0.05, 0.1) is 10.8 Å². The third-order valence-corrected chi connectivity index (χ3v) is 7.03. The normalized spacial score (nSPS) is 19.0. The second kappa shape index (κ2) is 8.98. The molecule has 3 rings (SSSR count). The summed E-state index contributed by atoms with van der Waals surface area (Å²) in [6, 6.07) is 12.2. The summed E-state index contributed by atoms with van der Waals surface area (Å²) in [6.07, 6.45) is -2.15. The van der Waals surface area contributed by atoms with Gasteiger partial charge in [-0.15, -0.1) is 0 Å². The van der Waals surface area contributed by atoms with Gasteiger partial charge in [0.25, 0.3) is 10.0 Å². The van der Waals surface area contributed by atoms with Crippen molar-refractivity contribution in [3.05, 3.63) is 59.7 Å². The van der Waals surface area contributed by atoms with Gasteiger partial charge >= 0.3 is 6.18 Å². The van der Waals surface area contributed by atoms with Crippen LogP contribution in [0, 0.1) is 0 Å². The third-order valence-electron chi connectivity index (χ3n) is 5.63. The first kappa shape index (κ1) is 22.6. The summed E-state index contributed by atoms with van der Waals surface area (Å²) in [5.74, 6) is -1.20. The Morgan fingerprint density at radius 1 is 1.10 bits per heavy atom. The Morgan fingerprint density at radius 2 is 1.73 bits per heavy atom. The lowest BCUT2D eigenvalue weighted by molar-refractivity contribution is -0.146. The van der Waals surface area contributed by atoms with Crippen LogP contribution in [0.15, 0.2) is 53.4 Å². The molecule has 0 aliphatic carbocycles. The monoisotopic (exact) mass is 440 g/mol. The molecule has 2 aromatic carbocycles. The summed E-state index contributed by atoms with van der Waals surface area (Å²) < 4.78 is 66.2. The molecule has 2 unspecified atom stereocenters. The predicted molar refractivity (Wildman–Crippen MR) is 112 cm³/mol. The van der Waals surface area contributed by atoms with Gasteiger partial charge in [-0.2, -0.15) is 13.2 Å². The Morgan fingerprint density at radius 3 is 2.30 bits per heavy atom. The highest BCUT2D eigenvalue weighted by Crippen LogP contribution is 2.34. The van der Waals surface area contributed by atoms with Crippen LogP contribution >= 0.6 is 0 Å². The number of sulfonamides is 1. The van der Waals surface area contributed by atoms with E-state index >= 15 is 0 Å². The van der Waals surface area contributed by atoms with Crippen molar-refractivity contribution in [2.45, 2.75) is 49.6 Å². The van der Waals surface area contributed by atoms with Crippen LogP contribution in [-0.2, 0) is 10.0 Å². The quantitative estimate of drug-likeness (QED) is 0.631. The van der Waals surface area contributed by atoms with E-state index in [1.807, 2.05) is 12.1 Å². The SMILES string of the molecule is CCCN1CCC(c2ccc(NS(=O)(=O)c3ccc(C(C)C(F)(F)F)cc3)cc2)C1. The summed E-state index contributed by atoms with van der Waals surface area (Å²) >= 11 is 0. The van der Waals surface area contributed by atoms with Crippen molar-refractivity contribution in [2.75, 3.05) is 24.4 Å². The molecule has 1 fully saturated rings. The van der Waals surface area contributed by atoms with Crippen LogP contribution in [0.5, 0.6) is 0 Å². The highest BCUT2D eigenvalue weighted by molar-refractivity contribution is 7.92. The van der Waals surface area contributed by atoms with E-state index in [2.05, 4.69) is 16.5 Å². The van der Waals surface area contributed by atoms with Crippen molar-refractivity contribution in [1.82, 2.24) is 4.90 Å². The molecule has 1 aliphatic rings. The molecule has 8 heteroatoms. The average Bonchev–Trinajstić information content (AvgIpc) is 3.16. The van der Waals surface area contributed by atoms with E-state index < -0.39 is 22.1 Å². The molecule has 0 spiro atoms. The zero-order valence-electron chi connectivity index (χ0n) is 17.1. The van der Waals surface area contributed by atoms with Crippen molar-refractivity contribution in [3.8, 4) is 0 Å². The average molecular weight is 441 g/mol. The minimum Gasteiger partial charge on any atom is -0.303 e. The van der Waals surface area contributed by atoms with E-state index in [1.54, 1.807) is 12.1 Å². The third kappa shape index (κ3) is 5.35. The Labute approximate surface area is 176 Å². The maximum Gasteiger partial charge on any atom is 0.395 e. The second-order valence-electron chi connectivity index (χ2n) is 7.85. The fourth-order valence-electron chi connectivity index (χ4n) is 3.79. The maximum atomic E-state index is 12.8. The molecule has 30 heavy (non-hydrogen) atoms. The van der Waals surface area contributed by atoms with Gasteiger partial charge < -0.3 is 4.90 Å². The zero-order chi connectivity index (χ0) is 21.9. The van der Waals surface area contributed by atoms with Crippen LogP contribution in [0.4, 0.5) is 18.9 Å². The smallest absolute Gasteiger partial charge is 0.303 e. The lowest BCUT2D eigenvalue weighted by atomic mass is 9.98. The van der Waals surface area contributed by atoms with E-state index in [1.165, 1.54) is 29.8 Å². The summed E-state index contributed by atoms with van der Waals surface area (Å²) in [5.41, 5.74) is 1.64. The molecular formula is C22H27F3N2O2S. The molecule has 2 aromatic rings. The molecule has 1 N–H and O–H groups in total. The van der Waals surface area contributed by atoms with Gasteiger partial charge in [0.2, 0.25) is 0 Å². The fourth-order valence-corrected chi connectivity index (χ4v) is 4.84. The number of benzene rings is 2. The summed E-state index contributed by atoms with van der Waals surface area (Å²) in [6.45, 7) is 6.40. The van der Waals surface area contributed by atoms with Crippen molar-refractivity contribution in [3.63, 3.8) is 0 Å². The van der Waals surface area contributed by atoms with Crippen LogP contribution in [0.1, 0.15) is 49.7 Å². The second-order valence-corrected chi connectivity index (χ2v) is 9.53. The summed E-state index contributed by atoms with van der Waals surface area (Å²) in [5, 5.41) is 0. The number of nitrogens with zero attached hydrogens (tertiary/aromatic N) is 1. The van der Waals surface area contributed by atoms with Crippen LogP contribution < -0.4 is 4.72 Å². The number of rotatable bonds is 7. The van der Waals surface area contributed by atoms with Gasteiger partial charge in [0, 0.05) is 12.2 Å². The van der Waals surface area contributed by atoms with E-state index in [9.17, 15) is 21.6 Å². The number of likely N-dealkylation sites (tertiary alicyclic amines) is 1. The number of nitrogens with one attached hydrogen (secondary N) is 1. The summed E-state index contributed by atoms with van der Waals surface area (Å²) in [4.78, 5) is 2.36. The topological polar surface area (TPSA) is 49.4 Å². The maximum absolute atomic E-state index is 12.8. The predicted octanol–water partition coefficient (Wildman–Crippen LogP) is 5.35. The van der Waals surface area contributed by atoms with Crippen molar-refractivity contribution < 1.29 is 21.6 Å². The summed E-state index contributed by atoms with van der Waals surface area (Å²) in [7, 11) is -3.88. The molecule has 164 valence electrons. The Balaban J connectivity index is 1.67. The first-order chi connectivity index (χ1) is 14.1. The molecule has 0 saturated carbocycles. The van der Waals surface area contributed by atoms with Gasteiger partial charge in [0.15, 0.2) is 0 Å². The lowest BCUT2D eigenvalue weighted by Gasteiger charge is -2.16. The van der Waals surface area contributed by atoms with Crippen LogP contribution in [-0.4, -0.2) is 39.1 Å². The highest BCUT2D eigenvalue weighted by Gasteiger charge is 2.37. The largest absolute Gasteiger partial charge is 0.395 e. The van der Waals surface area contributed by atoms with E-state index in [0.717, 1.165) is 39.4 Å². The van der Waals surface area contributed by atoms with Crippen molar-refractivity contribution in [1.29, 1.82) is 0 Å².